The molecule has 2 unspecified atom stereocenters. The van der Waals surface area contributed by atoms with E-state index in [4.69, 9.17) is 9.84 Å². The molecule has 1 aromatic rings. The van der Waals surface area contributed by atoms with Gasteiger partial charge < -0.3 is 20.1 Å². The molecule has 0 spiro atoms. The number of morpholine rings is 1. The number of rotatable bonds is 5. The number of fused-ring (bicyclic) bond motifs is 1. The van der Waals surface area contributed by atoms with Gasteiger partial charge in [-0.15, -0.1) is 0 Å². The predicted molar refractivity (Wildman–Crippen MR) is 97.2 cm³/mol. The maximum absolute atomic E-state index is 12.6. The van der Waals surface area contributed by atoms with Crippen LogP contribution in [-0.4, -0.2) is 78.9 Å². The molecule has 2 atom stereocenters. The number of aliphatic carboxylic acids is 1. The molecule has 26 heavy (non-hydrogen) atoms. The normalized spacial score (nSPS) is 22.8. The first-order chi connectivity index (χ1) is 12.5. The molecule has 1 aromatic carbocycles. The van der Waals surface area contributed by atoms with E-state index in [1.165, 1.54) is 11.1 Å². The topological polar surface area (TPSA) is 82.1 Å². The van der Waals surface area contributed by atoms with Crippen LogP contribution >= 0.6 is 0 Å². The van der Waals surface area contributed by atoms with Gasteiger partial charge in [0.05, 0.1) is 19.3 Å². The Morgan fingerprint density at radius 2 is 2.12 bits per heavy atom. The molecule has 0 aromatic heterocycles. The fraction of sp³-hybridized carbons (Fsp3) is 0.579. The number of carboxylic acids is 1. The van der Waals surface area contributed by atoms with Crippen LogP contribution in [0.15, 0.2) is 24.3 Å². The smallest absolute Gasteiger partial charge is 0.317 e. The van der Waals surface area contributed by atoms with Gasteiger partial charge in [-0.1, -0.05) is 24.3 Å². The summed E-state index contributed by atoms with van der Waals surface area (Å²) in [5, 5.41) is 12.0. The van der Waals surface area contributed by atoms with Gasteiger partial charge in [0.15, 0.2) is 0 Å². The molecular weight excluding hydrogens is 334 g/mol. The minimum Gasteiger partial charge on any atom is -0.480 e. The number of carboxylic acid groups (broad SMARTS) is 1. The lowest BCUT2D eigenvalue weighted by atomic mass is 9.88. The van der Waals surface area contributed by atoms with Gasteiger partial charge >= 0.3 is 12.0 Å². The van der Waals surface area contributed by atoms with Crippen molar-refractivity contribution in [3.8, 4) is 0 Å². The van der Waals surface area contributed by atoms with E-state index < -0.39 is 5.97 Å². The fourth-order valence-corrected chi connectivity index (χ4v) is 3.74. The summed E-state index contributed by atoms with van der Waals surface area (Å²) in [5.41, 5.74) is 2.70. The van der Waals surface area contributed by atoms with Gasteiger partial charge in [0, 0.05) is 25.7 Å². The molecule has 2 N–H and O–H groups in total. The molecule has 1 aliphatic heterocycles. The molecule has 3 rings (SSSR count). The molecule has 1 saturated heterocycles. The number of likely N-dealkylation sites (N-methyl/N-ethyl adjacent to an activating group) is 1. The summed E-state index contributed by atoms with van der Waals surface area (Å²) in [6.45, 7) is 1.99. The van der Waals surface area contributed by atoms with Crippen LogP contribution in [0.2, 0.25) is 0 Å². The van der Waals surface area contributed by atoms with Crippen LogP contribution in [0.25, 0.3) is 0 Å². The number of nitrogens with zero attached hydrogens (tertiary/aromatic N) is 2. The second-order valence-corrected chi connectivity index (χ2v) is 7.19. The van der Waals surface area contributed by atoms with E-state index in [9.17, 15) is 9.59 Å². The summed E-state index contributed by atoms with van der Waals surface area (Å²) < 4.78 is 5.69. The molecule has 7 heteroatoms. The minimum atomic E-state index is -0.865. The van der Waals surface area contributed by atoms with E-state index in [1.807, 2.05) is 6.07 Å². The van der Waals surface area contributed by atoms with E-state index in [-0.39, 0.29) is 24.7 Å². The zero-order valence-corrected chi connectivity index (χ0v) is 15.2. The summed E-state index contributed by atoms with van der Waals surface area (Å²) in [5.74, 6) is -0.865. The Morgan fingerprint density at radius 1 is 1.35 bits per heavy atom. The highest BCUT2D eigenvalue weighted by Crippen LogP contribution is 2.21. The number of urea groups is 1. The summed E-state index contributed by atoms with van der Waals surface area (Å²) >= 11 is 0. The van der Waals surface area contributed by atoms with Crippen molar-refractivity contribution in [2.24, 2.45) is 0 Å². The average Bonchev–Trinajstić information content (AvgIpc) is 2.61. The van der Waals surface area contributed by atoms with Crippen LogP contribution in [-0.2, 0) is 22.4 Å². The van der Waals surface area contributed by atoms with E-state index >= 15 is 0 Å². The van der Waals surface area contributed by atoms with Crippen molar-refractivity contribution >= 4 is 12.0 Å². The molecule has 0 radical (unpaired) electrons. The lowest BCUT2D eigenvalue weighted by Gasteiger charge is -2.36. The van der Waals surface area contributed by atoms with Crippen molar-refractivity contribution in [2.45, 2.75) is 31.4 Å². The van der Waals surface area contributed by atoms with Crippen molar-refractivity contribution in [2.75, 3.05) is 39.8 Å². The van der Waals surface area contributed by atoms with Crippen LogP contribution in [0, 0.1) is 0 Å². The van der Waals surface area contributed by atoms with Crippen LogP contribution in [0.4, 0.5) is 4.79 Å². The monoisotopic (exact) mass is 361 g/mol. The number of ether oxygens (including phenoxy) is 1. The standard InChI is InChI=1S/C19H27N3O4/c1-21(13-18(23)24)11-17-12-22(8-9-26-17)19(25)20-16-7-6-14-4-2-3-5-15(14)10-16/h2-5,16-17H,6-13H2,1H3,(H,20,25)(H,23,24). The highest BCUT2D eigenvalue weighted by molar-refractivity contribution is 5.74. The van der Waals surface area contributed by atoms with Crippen molar-refractivity contribution in [3.05, 3.63) is 35.4 Å². The molecule has 142 valence electrons. The van der Waals surface area contributed by atoms with Gasteiger partial charge in [-0.05, 0) is 37.4 Å². The Kier molecular flexibility index (Phi) is 6.11. The largest absolute Gasteiger partial charge is 0.480 e. The lowest BCUT2D eigenvalue weighted by Crippen LogP contribution is -2.54. The molecule has 0 bridgehead atoms. The third kappa shape index (κ3) is 4.95. The number of nitrogens with one attached hydrogen (secondary N) is 1. The van der Waals surface area contributed by atoms with Crippen LogP contribution < -0.4 is 5.32 Å². The lowest BCUT2D eigenvalue weighted by molar-refractivity contribution is -0.138. The molecule has 7 nitrogen and oxygen atoms in total. The molecule has 1 fully saturated rings. The third-order valence-electron chi connectivity index (χ3n) is 5.02. The number of amides is 2. The number of benzene rings is 1. The molecular formula is C19H27N3O4. The third-order valence-corrected chi connectivity index (χ3v) is 5.02. The van der Waals surface area contributed by atoms with Crippen molar-refractivity contribution < 1.29 is 19.4 Å². The number of carbonyl (C=O) groups excluding carboxylic acids is 1. The van der Waals surface area contributed by atoms with Crippen molar-refractivity contribution in [1.29, 1.82) is 0 Å². The van der Waals surface area contributed by atoms with Gasteiger partial charge in [0.25, 0.3) is 0 Å². The van der Waals surface area contributed by atoms with E-state index in [2.05, 4.69) is 23.5 Å². The molecule has 1 aliphatic carbocycles. The molecule has 2 amide bonds. The van der Waals surface area contributed by atoms with Crippen LogP contribution in [0.1, 0.15) is 17.5 Å². The number of aryl methyl sites for hydroxylation is 1. The van der Waals surface area contributed by atoms with Gasteiger partial charge in [-0.25, -0.2) is 4.79 Å². The Labute approximate surface area is 153 Å². The van der Waals surface area contributed by atoms with Crippen LogP contribution in [0.5, 0.6) is 0 Å². The molecule has 0 saturated carbocycles. The van der Waals surface area contributed by atoms with Gasteiger partial charge in [0.2, 0.25) is 0 Å². The second kappa shape index (κ2) is 8.51. The minimum absolute atomic E-state index is 0.0342. The second-order valence-electron chi connectivity index (χ2n) is 7.19. The number of hydrogen-bond acceptors (Lipinski definition) is 4. The summed E-state index contributed by atoms with van der Waals surface area (Å²) in [7, 11) is 1.75. The van der Waals surface area contributed by atoms with Gasteiger partial charge in [0.1, 0.15) is 0 Å². The first kappa shape index (κ1) is 18.7. The highest BCUT2D eigenvalue weighted by Gasteiger charge is 2.28. The quantitative estimate of drug-likeness (QED) is 0.817. The molecule has 2 aliphatic rings. The average molecular weight is 361 g/mol. The number of hydrogen-bond donors (Lipinski definition) is 2. The molecule has 1 heterocycles. The summed E-state index contributed by atoms with van der Waals surface area (Å²) in [6.07, 6.45) is 2.66. The summed E-state index contributed by atoms with van der Waals surface area (Å²) in [4.78, 5) is 26.9. The SMILES string of the molecule is CN(CC(=O)O)CC1CN(C(=O)NC2CCc3ccccc3C2)CCO1. The number of carbonyl (C=O) groups is 2. The Morgan fingerprint density at radius 3 is 2.88 bits per heavy atom. The summed E-state index contributed by atoms with van der Waals surface area (Å²) in [6, 6.07) is 8.51. The first-order valence-electron chi connectivity index (χ1n) is 9.15. The van der Waals surface area contributed by atoms with Crippen LogP contribution in [0.3, 0.4) is 0 Å². The predicted octanol–water partition coefficient (Wildman–Crippen LogP) is 0.971. The maximum Gasteiger partial charge on any atom is 0.317 e. The fourth-order valence-electron chi connectivity index (χ4n) is 3.74. The highest BCUT2D eigenvalue weighted by atomic mass is 16.5. The van der Waals surface area contributed by atoms with E-state index in [0.717, 1.165) is 19.3 Å². The van der Waals surface area contributed by atoms with Gasteiger partial charge in [-0.3, -0.25) is 9.69 Å². The first-order valence-corrected chi connectivity index (χ1v) is 9.15. The zero-order chi connectivity index (χ0) is 18.5. The van der Waals surface area contributed by atoms with Gasteiger partial charge in [-0.2, -0.15) is 0 Å². The van der Waals surface area contributed by atoms with Crippen molar-refractivity contribution in [1.82, 2.24) is 15.1 Å². The van der Waals surface area contributed by atoms with Crippen molar-refractivity contribution in [3.63, 3.8) is 0 Å². The Bertz CT molecular complexity index is 651. The maximum atomic E-state index is 12.6. The van der Waals surface area contributed by atoms with E-state index in [1.54, 1.807) is 16.8 Å². The Balaban J connectivity index is 1.49. The van der Waals surface area contributed by atoms with E-state index in [0.29, 0.717) is 26.2 Å². The zero-order valence-electron chi connectivity index (χ0n) is 15.2. The Hall–Kier alpha value is -2.12.